The fourth-order valence-corrected chi connectivity index (χ4v) is 5.37. The largest absolute Gasteiger partial charge is 0.507 e. The Kier molecular flexibility index (Phi) is 6.43. The van der Waals surface area contributed by atoms with Crippen molar-refractivity contribution in [3.8, 4) is 16.9 Å². The molecule has 0 spiro atoms. The first-order valence-electron chi connectivity index (χ1n) is 10.7. The number of fused-ring (bicyclic) bond motifs is 1. The van der Waals surface area contributed by atoms with E-state index in [1.807, 2.05) is 61.7 Å². The van der Waals surface area contributed by atoms with E-state index in [0.29, 0.717) is 22.0 Å². The van der Waals surface area contributed by atoms with E-state index in [-0.39, 0.29) is 0 Å². The molecule has 34 heavy (non-hydrogen) atoms. The number of carbonyl (C=O) groups is 2. The second kappa shape index (κ2) is 9.30. The van der Waals surface area contributed by atoms with E-state index in [1.165, 1.54) is 31.1 Å². The molecule has 1 aromatic heterocycles. The number of hydrogen-bond acceptors (Lipinski definition) is 8. The molecule has 0 fully saturated rings. The quantitative estimate of drug-likeness (QED) is 0.421. The standard InChI is InChI=1S/C20H22N2O4S.C6H4O/c1-12-14(18(23)25-3)15(17-21-10-11-27-17)16(19(24)26-4)20(2,22-12)13-8-6-5-7-9-13;7-6-2-1-4-3-5(4)6/h5-11,15-16,22H,1-4H3;1-3,7H. The average molecular weight is 479 g/mol. The molecule has 3 aliphatic rings. The third-order valence-electron chi connectivity index (χ3n) is 6.29. The van der Waals surface area contributed by atoms with Crippen LogP contribution in [-0.4, -0.2) is 36.2 Å². The fraction of sp³-hybridized carbons (Fsp3) is 0.269. The molecule has 5 rings (SSSR count). The molecule has 176 valence electrons. The lowest BCUT2D eigenvalue weighted by Crippen LogP contribution is -2.55. The molecule has 0 amide bonds. The first kappa shape index (κ1) is 23.5. The first-order valence-corrected chi connectivity index (χ1v) is 11.6. The van der Waals surface area contributed by atoms with Gasteiger partial charge in [-0.1, -0.05) is 36.4 Å². The second-order valence-corrected chi connectivity index (χ2v) is 9.23. The zero-order valence-corrected chi connectivity index (χ0v) is 20.2. The van der Waals surface area contributed by atoms with E-state index >= 15 is 0 Å². The van der Waals surface area contributed by atoms with E-state index in [4.69, 9.17) is 14.6 Å². The van der Waals surface area contributed by atoms with Gasteiger partial charge in [-0.25, -0.2) is 9.78 Å². The summed E-state index contributed by atoms with van der Waals surface area (Å²) >= 11 is 1.40. The van der Waals surface area contributed by atoms with E-state index in [0.717, 1.165) is 11.1 Å². The topological polar surface area (TPSA) is 97.8 Å². The molecule has 3 unspecified atom stereocenters. The van der Waals surface area contributed by atoms with Crippen molar-refractivity contribution in [2.45, 2.75) is 25.3 Å². The Morgan fingerprint density at radius 2 is 1.85 bits per heavy atom. The van der Waals surface area contributed by atoms with Crippen LogP contribution in [-0.2, 0) is 24.6 Å². The maximum atomic E-state index is 13.0. The summed E-state index contributed by atoms with van der Waals surface area (Å²) in [5.41, 5.74) is 3.42. The van der Waals surface area contributed by atoms with Gasteiger partial charge in [-0.05, 0) is 37.1 Å². The number of nitrogens with zero attached hydrogens (tertiary/aromatic N) is 1. The molecule has 2 aromatic rings. The van der Waals surface area contributed by atoms with Crippen molar-refractivity contribution in [2.24, 2.45) is 5.92 Å². The Morgan fingerprint density at radius 3 is 2.32 bits per heavy atom. The molecule has 0 saturated carbocycles. The molecule has 0 radical (unpaired) electrons. The van der Waals surface area contributed by atoms with Crippen molar-refractivity contribution in [3.05, 3.63) is 81.9 Å². The van der Waals surface area contributed by atoms with Crippen LogP contribution in [0.3, 0.4) is 0 Å². The van der Waals surface area contributed by atoms with Gasteiger partial charge in [0.15, 0.2) is 0 Å². The van der Waals surface area contributed by atoms with Gasteiger partial charge in [-0.3, -0.25) is 4.79 Å². The summed E-state index contributed by atoms with van der Waals surface area (Å²) in [5, 5.41) is 14.7. The summed E-state index contributed by atoms with van der Waals surface area (Å²) in [4.78, 5) is 30.0. The van der Waals surface area contributed by atoms with Crippen LogP contribution in [0.1, 0.15) is 30.3 Å². The van der Waals surface area contributed by atoms with Crippen LogP contribution in [0, 0.1) is 5.92 Å². The number of esters is 2. The Labute approximate surface area is 202 Å². The number of methoxy groups -OCH3 is 2. The van der Waals surface area contributed by atoms with Gasteiger partial charge in [0.05, 0.1) is 37.2 Å². The van der Waals surface area contributed by atoms with Crippen LogP contribution < -0.4 is 5.32 Å². The number of thiazole rings is 1. The fourth-order valence-electron chi connectivity index (χ4n) is 4.58. The van der Waals surface area contributed by atoms with Crippen LogP contribution in [0.15, 0.2) is 71.4 Å². The molecule has 0 saturated heterocycles. The van der Waals surface area contributed by atoms with Crippen LogP contribution in [0.25, 0.3) is 11.1 Å². The maximum absolute atomic E-state index is 13.0. The van der Waals surface area contributed by atoms with Gasteiger partial charge in [-0.15, -0.1) is 11.3 Å². The summed E-state index contributed by atoms with van der Waals surface area (Å²) in [6.07, 6.45) is 1.67. The lowest BCUT2D eigenvalue weighted by atomic mass is 9.67. The minimum Gasteiger partial charge on any atom is -0.507 e. The molecule has 7 nitrogen and oxygen atoms in total. The zero-order chi connectivity index (χ0) is 24.5. The molecule has 2 aliphatic carbocycles. The van der Waals surface area contributed by atoms with Crippen LogP contribution >= 0.6 is 11.3 Å². The second-order valence-electron chi connectivity index (χ2n) is 8.30. The Bertz CT molecular complexity index is 1240. The maximum Gasteiger partial charge on any atom is 0.336 e. The van der Waals surface area contributed by atoms with Crippen molar-refractivity contribution in [1.29, 1.82) is 0 Å². The van der Waals surface area contributed by atoms with E-state index in [2.05, 4.69) is 10.3 Å². The number of allylic oxidation sites excluding steroid dienone is 1. The predicted molar refractivity (Wildman–Crippen MR) is 129 cm³/mol. The third kappa shape index (κ3) is 4.17. The highest BCUT2D eigenvalue weighted by Gasteiger charge is 2.53. The van der Waals surface area contributed by atoms with Gasteiger partial charge in [-0.2, -0.15) is 0 Å². The van der Waals surface area contributed by atoms with Gasteiger partial charge in [0, 0.05) is 22.8 Å². The third-order valence-corrected chi connectivity index (χ3v) is 7.15. The lowest BCUT2D eigenvalue weighted by molar-refractivity contribution is -0.150. The normalized spacial score (nSPS) is 22.1. The van der Waals surface area contributed by atoms with Crippen LogP contribution in [0.2, 0.25) is 0 Å². The van der Waals surface area contributed by atoms with Crippen molar-refractivity contribution >= 4 is 23.3 Å². The Hall–Kier alpha value is -3.65. The Morgan fingerprint density at radius 1 is 1.12 bits per heavy atom. The number of aromatic nitrogens is 1. The highest BCUT2D eigenvalue weighted by molar-refractivity contribution is 7.09. The smallest absolute Gasteiger partial charge is 0.336 e. The summed E-state index contributed by atoms with van der Waals surface area (Å²) in [5.74, 6) is -1.74. The predicted octanol–water partition coefficient (Wildman–Crippen LogP) is 4.35. The molecular weight excluding hydrogens is 452 g/mol. The van der Waals surface area contributed by atoms with E-state index in [9.17, 15) is 9.59 Å². The summed E-state index contributed by atoms with van der Waals surface area (Å²) < 4.78 is 10.2. The average Bonchev–Trinajstić information content (AvgIpc) is 3.24. The number of rotatable bonds is 4. The number of phenolic OH excluding ortho intramolecular Hbond substituents is 1. The molecule has 2 N–H and O–H groups in total. The highest BCUT2D eigenvalue weighted by Crippen LogP contribution is 2.48. The summed E-state index contributed by atoms with van der Waals surface area (Å²) in [6.45, 7) is 3.77. The summed E-state index contributed by atoms with van der Waals surface area (Å²) in [6, 6.07) is 15.2. The number of phenols is 1. The molecule has 0 bridgehead atoms. The van der Waals surface area contributed by atoms with Crippen molar-refractivity contribution in [3.63, 3.8) is 0 Å². The number of aromatic hydroxyl groups is 1. The molecular formula is C26H26N2O5S. The van der Waals surface area contributed by atoms with Crippen molar-refractivity contribution in [2.75, 3.05) is 14.2 Å². The van der Waals surface area contributed by atoms with E-state index < -0.39 is 29.3 Å². The Balaban J connectivity index is 0.000000328. The van der Waals surface area contributed by atoms with Crippen LogP contribution in [0.4, 0.5) is 0 Å². The van der Waals surface area contributed by atoms with Gasteiger partial charge in [0.2, 0.25) is 0 Å². The van der Waals surface area contributed by atoms with Gasteiger partial charge >= 0.3 is 11.9 Å². The minimum atomic E-state index is -0.785. The number of benzene rings is 2. The van der Waals surface area contributed by atoms with Gasteiger partial charge < -0.3 is 19.9 Å². The number of hydrogen-bond donors (Lipinski definition) is 2. The highest BCUT2D eigenvalue weighted by atomic mass is 32.1. The van der Waals surface area contributed by atoms with E-state index in [1.54, 1.807) is 12.3 Å². The van der Waals surface area contributed by atoms with Crippen molar-refractivity contribution < 1.29 is 24.2 Å². The molecule has 1 aliphatic heterocycles. The molecule has 1 aromatic carbocycles. The minimum absolute atomic E-state index is 0.399. The number of carbonyl (C=O) groups excluding carboxylic acids is 2. The number of ether oxygens (including phenoxy) is 2. The monoisotopic (exact) mass is 478 g/mol. The summed E-state index contributed by atoms with van der Waals surface area (Å²) in [7, 11) is 2.69. The van der Waals surface area contributed by atoms with Crippen LogP contribution in [0.5, 0.6) is 5.75 Å². The van der Waals surface area contributed by atoms with Gasteiger partial charge in [0.25, 0.3) is 0 Å². The van der Waals surface area contributed by atoms with Gasteiger partial charge in [0.1, 0.15) is 10.8 Å². The molecule has 2 heterocycles. The lowest BCUT2D eigenvalue weighted by Gasteiger charge is -2.46. The molecule has 8 heteroatoms. The number of nitrogens with one attached hydrogen (secondary N) is 1. The zero-order valence-electron chi connectivity index (χ0n) is 19.4. The molecule has 3 atom stereocenters. The van der Waals surface area contributed by atoms with Crippen molar-refractivity contribution in [1.82, 2.24) is 10.3 Å². The SMILES string of the molecule is COC(=O)C1=C(C)NC(C)(c2ccccc2)C(C(=O)OC)C1c1nccs1.Oc1ccc2cc1-2. The first-order chi connectivity index (χ1) is 16.3.